The largest absolute Gasteiger partial charge is 0.377 e. The third-order valence-corrected chi connectivity index (χ3v) is 1.75. The Morgan fingerprint density at radius 3 is 3.07 bits per heavy atom. The van der Waals surface area contributed by atoms with Gasteiger partial charge in [-0.3, -0.25) is 0 Å². The van der Waals surface area contributed by atoms with E-state index in [0.717, 1.165) is 0 Å². The number of hydrogen-bond donors (Lipinski definition) is 0. The van der Waals surface area contributed by atoms with Gasteiger partial charge < -0.3 is 9.26 Å². The molecule has 1 aromatic rings. The Morgan fingerprint density at radius 2 is 2.43 bits per heavy atom. The average Bonchev–Trinajstić information content (AvgIpc) is 2.53. The number of hydrogen-bond acceptors (Lipinski definition) is 5. The van der Waals surface area contributed by atoms with Gasteiger partial charge >= 0.3 is 0 Å². The van der Waals surface area contributed by atoms with E-state index in [1.807, 2.05) is 6.92 Å². The van der Waals surface area contributed by atoms with Gasteiger partial charge in [-0.05, 0) is 5.92 Å². The molecule has 0 saturated carbocycles. The van der Waals surface area contributed by atoms with Crippen molar-refractivity contribution in [2.75, 3.05) is 7.11 Å². The molecule has 1 unspecified atom stereocenters. The topological polar surface area (TPSA) is 71.9 Å². The smallest absolute Gasteiger partial charge is 0.227 e. The molecule has 5 nitrogen and oxygen atoms in total. The van der Waals surface area contributed by atoms with Gasteiger partial charge in [-0.25, -0.2) is 0 Å². The minimum absolute atomic E-state index is 0.246. The maximum Gasteiger partial charge on any atom is 0.227 e. The highest BCUT2D eigenvalue weighted by Gasteiger charge is 2.10. The van der Waals surface area contributed by atoms with Crippen LogP contribution in [-0.2, 0) is 17.8 Å². The number of methoxy groups -OCH3 is 1. The van der Waals surface area contributed by atoms with Gasteiger partial charge in [0.1, 0.15) is 6.61 Å². The second-order valence-corrected chi connectivity index (χ2v) is 3.21. The van der Waals surface area contributed by atoms with Crippen LogP contribution >= 0.6 is 0 Å². The van der Waals surface area contributed by atoms with E-state index in [1.165, 1.54) is 0 Å². The Hall–Kier alpha value is -1.41. The number of rotatable bonds is 5. The molecule has 76 valence electrons. The fourth-order valence-electron chi connectivity index (χ4n) is 1.09. The van der Waals surface area contributed by atoms with Crippen LogP contribution < -0.4 is 0 Å². The van der Waals surface area contributed by atoms with E-state index < -0.39 is 0 Å². The van der Waals surface area contributed by atoms with Crippen molar-refractivity contribution < 1.29 is 9.26 Å². The molecule has 0 radical (unpaired) electrons. The summed E-state index contributed by atoms with van der Waals surface area (Å²) in [6.45, 7) is 2.33. The van der Waals surface area contributed by atoms with Crippen LogP contribution in [0.2, 0.25) is 0 Å². The molecule has 1 aromatic heterocycles. The first-order valence-electron chi connectivity index (χ1n) is 4.43. The molecule has 0 N–H and O–H groups in total. The zero-order valence-electron chi connectivity index (χ0n) is 8.36. The normalized spacial score (nSPS) is 12.4. The van der Waals surface area contributed by atoms with Crippen molar-refractivity contribution in [1.29, 1.82) is 5.26 Å². The van der Waals surface area contributed by atoms with E-state index in [0.29, 0.717) is 31.2 Å². The van der Waals surface area contributed by atoms with Gasteiger partial charge in [-0.2, -0.15) is 10.2 Å². The molecule has 14 heavy (non-hydrogen) atoms. The molecule has 1 rings (SSSR count). The molecular formula is C9H13N3O2. The van der Waals surface area contributed by atoms with Gasteiger partial charge in [0.25, 0.3) is 0 Å². The number of aromatic nitrogens is 2. The van der Waals surface area contributed by atoms with Crippen LogP contribution in [0.25, 0.3) is 0 Å². The molecule has 1 heterocycles. The highest BCUT2D eigenvalue weighted by Crippen LogP contribution is 2.09. The Bertz CT molecular complexity index is 316. The molecule has 0 saturated heterocycles. The van der Waals surface area contributed by atoms with Crippen molar-refractivity contribution in [2.45, 2.75) is 26.4 Å². The zero-order valence-corrected chi connectivity index (χ0v) is 8.36. The molecule has 0 aliphatic carbocycles. The molecule has 0 spiro atoms. The van der Waals surface area contributed by atoms with E-state index in [4.69, 9.17) is 14.5 Å². The highest BCUT2D eigenvalue weighted by atomic mass is 16.5. The van der Waals surface area contributed by atoms with E-state index >= 15 is 0 Å². The van der Waals surface area contributed by atoms with Crippen molar-refractivity contribution in [3.05, 3.63) is 11.7 Å². The summed E-state index contributed by atoms with van der Waals surface area (Å²) in [5, 5.41) is 12.2. The maximum absolute atomic E-state index is 8.47. The summed E-state index contributed by atoms with van der Waals surface area (Å²) in [5.74, 6) is 1.36. The van der Waals surface area contributed by atoms with Gasteiger partial charge in [-0.1, -0.05) is 12.1 Å². The SMILES string of the molecule is COCc1noc(CC(C)CC#N)n1. The number of ether oxygens (including phenoxy) is 1. The Kier molecular flexibility index (Phi) is 4.08. The second kappa shape index (κ2) is 5.35. The quantitative estimate of drug-likeness (QED) is 0.708. The summed E-state index contributed by atoms with van der Waals surface area (Å²) in [7, 11) is 1.58. The molecule has 0 bridgehead atoms. The van der Waals surface area contributed by atoms with Crippen molar-refractivity contribution in [3.8, 4) is 6.07 Å². The van der Waals surface area contributed by atoms with Crippen LogP contribution in [0.1, 0.15) is 25.1 Å². The third-order valence-electron chi connectivity index (χ3n) is 1.75. The number of nitriles is 1. The molecule has 0 aromatic carbocycles. The lowest BCUT2D eigenvalue weighted by Gasteiger charge is -2.00. The maximum atomic E-state index is 8.47. The summed E-state index contributed by atoms with van der Waals surface area (Å²) < 4.78 is 9.84. The van der Waals surface area contributed by atoms with Crippen LogP contribution in [0, 0.1) is 17.2 Å². The van der Waals surface area contributed by atoms with E-state index in [-0.39, 0.29) is 5.92 Å². The first kappa shape index (κ1) is 10.7. The predicted molar refractivity (Wildman–Crippen MR) is 48.1 cm³/mol. The lowest BCUT2D eigenvalue weighted by molar-refractivity contribution is 0.174. The van der Waals surface area contributed by atoms with Crippen LogP contribution in [0.5, 0.6) is 0 Å². The van der Waals surface area contributed by atoms with Crippen LogP contribution in [-0.4, -0.2) is 17.3 Å². The summed E-state index contributed by atoms with van der Waals surface area (Å²) >= 11 is 0. The van der Waals surface area contributed by atoms with Crippen LogP contribution in [0.4, 0.5) is 0 Å². The highest BCUT2D eigenvalue weighted by molar-refractivity contribution is 4.87. The van der Waals surface area contributed by atoms with Crippen LogP contribution in [0.3, 0.4) is 0 Å². The standard InChI is InChI=1S/C9H13N3O2/c1-7(3-4-10)5-9-11-8(6-13-2)12-14-9/h7H,3,5-6H2,1-2H3. The summed E-state index contributed by atoms with van der Waals surface area (Å²) in [6, 6.07) is 2.11. The summed E-state index contributed by atoms with van der Waals surface area (Å²) in [6.07, 6.45) is 1.15. The molecular weight excluding hydrogens is 182 g/mol. The minimum Gasteiger partial charge on any atom is -0.377 e. The molecule has 0 aliphatic rings. The van der Waals surface area contributed by atoms with Gasteiger partial charge in [0.05, 0.1) is 6.07 Å². The van der Waals surface area contributed by atoms with Crippen molar-refractivity contribution in [1.82, 2.24) is 10.1 Å². The lowest BCUT2D eigenvalue weighted by atomic mass is 10.1. The average molecular weight is 195 g/mol. The van der Waals surface area contributed by atoms with Gasteiger partial charge in [0.2, 0.25) is 5.89 Å². The Balaban J connectivity index is 2.47. The first-order valence-corrected chi connectivity index (χ1v) is 4.43. The molecule has 0 aliphatic heterocycles. The van der Waals surface area contributed by atoms with Crippen molar-refractivity contribution in [3.63, 3.8) is 0 Å². The molecule has 5 heteroatoms. The van der Waals surface area contributed by atoms with Gasteiger partial charge in [-0.15, -0.1) is 0 Å². The summed E-state index contributed by atoms with van der Waals surface area (Å²) in [5.41, 5.74) is 0. The second-order valence-electron chi connectivity index (χ2n) is 3.21. The first-order chi connectivity index (χ1) is 6.76. The minimum atomic E-state index is 0.246. The fourth-order valence-corrected chi connectivity index (χ4v) is 1.09. The van der Waals surface area contributed by atoms with E-state index in [2.05, 4.69) is 16.2 Å². The van der Waals surface area contributed by atoms with E-state index in [9.17, 15) is 0 Å². The Morgan fingerprint density at radius 1 is 1.64 bits per heavy atom. The third kappa shape index (κ3) is 3.15. The fraction of sp³-hybridized carbons (Fsp3) is 0.667. The van der Waals surface area contributed by atoms with Gasteiger partial charge in [0, 0.05) is 20.0 Å². The summed E-state index contributed by atoms with van der Waals surface area (Å²) in [4.78, 5) is 4.11. The van der Waals surface area contributed by atoms with Crippen LogP contribution in [0.15, 0.2) is 4.52 Å². The zero-order chi connectivity index (χ0) is 10.4. The molecule has 0 fully saturated rings. The van der Waals surface area contributed by atoms with Crippen molar-refractivity contribution in [2.24, 2.45) is 5.92 Å². The Labute approximate surface area is 82.7 Å². The molecule has 0 amide bonds. The monoisotopic (exact) mass is 195 g/mol. The lowest BCUT2D eigenvalue weighted by Crippen LogP contribution is -1.99. The predicted octanol–water partition coefficient (Wildman–Crippen LogP) is 1.31. The van der Waals surface area contributed by atoms with E-state index in [1.54, 1.807) is 7.11 Å². The molecule has 1 atom stereocenters. The van der Waals surface area contributed by atoms with Crippen molar-refractivity contribution >= 4 is 0 Å². The number of nitrogens with zero attached hydrogens (tertiary/aromatic N) is 3. The van der Waals surface area contributed by atoms with Gasteiger partial charge in [0.15, 0.2) is 5.82 Å².